The van der Waals surface area contributed by atoms with Crippen LogP contribution in [0.4, 0.5) is 0 Å². The fourth-order valence-electron chi connectivity index (χ4n) is 2.36. The van der Waals surface area contributed by atoms with Crippen LogP contribution in [0.15, 0.2) is 0 Å². The lowest BCUT2D eigenvalue weighted by molar-refractivity contribution is -0.133. The average Bonchev–Trinajstić information content (AvgIpc) is 2.36. The van der Waals surface area contributed by atoms with Crippen LogP contribution >= 0.6 is 0 Å². The normalized spacial score (nSPS) is 14.7. The molecule has 0 aromatic rings. The molecule has 5 nitrogen and oxygen atoms in total. The van der Waals surface area contributed by atoms with E-state index in [-0.39, 0.29) is 35.4 Å². The number of aliphatic hydroxyl groups excluding tert-OH is 1. The highest BCUT2D eigenvalue weighted by molar-refractivity contribution is 5.80. The summed E-state index contributed by atoms with van der Waals surface area (Å²) in [5, 5.41) is 9.28. The lowest BCUT2D eigenvalue weighted by Gasteiger charge is -2.31. The summed E-state index contributed by atoms with van der Waals surface area (Å²) in [5.74, 6) is 0.477. The average molecular weight is 329 g/mol. The Hall–Kier alpha value is -0.940. The van der Waals surface area contributed by atoms with Gasteiger partial charge in [0.25, 0.3) is 0 Å². The third-order valence-electron chi connectivity index (χ3n) is 3.65. The molecule has 0 aromatic carbocycles. The third kappa shape index (κ3) is 10.4. The number of carbonyl (C=O) groups is 2. The lowest BCUT2D eigenvalue weighted by atomic mass is 9.93. The summed E-state index contributed by atoms with van der Waals surface area (Å²) < 4.78 is 5.76. The molecule has 0 fully saturated rings. The molecule has 0 saturated heterocycles. The molecule has 1 N–H and O–H groups in total. The van der Waals surface area contributed by atoms with Gasteiger partial charge in [0.1, 0.15) is 5.78 Å². The van der Waals surface area contributed by atoms with Gasteiger partial charge in [0.05, 0.1) is 19.1 Å². The van der Waals surface area contributed by atoms with Crippen LogP contribution in [0, 0.1) is 17.3 Å². The summed E-state index contributed by atoms with van der Waals surface area (Å²) in [7, 11) is 1.75. The van der Waals surface area contributed by atoms with Gasteiger partial charge in [-0.2, -0.15) is 0 Å². The number of aliphatic hydroxyl groups is 1. The predicted octanol–water partition coefficient (Wildman–Crippen LogP) is 2.51. The highest BCUT2D eigenvalue weighted by atomic mass is 16.5. The molecular weight excluding hydrogens is 294 g/mol. The van der Waals surface area contributed by atoms with Crippen molar-refractivity contribution in [3.8, 4) is 0 Å². The van der Waals surface area contributed by atoms with E-state index in [2.05, 4.69) is 0 Å². The number of rotatable bonds is 11. The first-order valence-electron chi connectivity index (χ1n) is 8.47. The Kier molecular flexibility index (Phi) is 9.63. The molecule has 0 spiro atoms. The van der Waals surface area contributed by atoms with Crippen LogP contribution in [0.1, 0.15) is 54.4 Å². The number of Topliss-reactive ketones (excluding diaryl/α,β-unsaturated/α-hetero) is 1. The van der Waals surface area contributed by atoms with Crippen molar-refractivity contribution in [3.05, 3.63) is 0 Å². The maximum Gasteiger partial charge on any atom is 0.224 e. The molecule has 0 aromatic heterocycles. The van der Waals surface area contributed by atoms with E-state index in [4.69, 9.17) is 4.74 Å². The number of hydrogen-bond donors (Lipinski definition) is 1. The van der Waals surface area contributed by atoms with E-state index in [1.165, 1.54) is 0 Å². The number of carbonyl (C=O) groups excluding carboxylic acids is 2. The van der Waals surface area contributed by atoms with Crippen LogP contribution in [0.2, 0.25) is 0 Å². The Morgan fingerprint density at radius 1 is 1.13 bits per heavy atom. The van der Waals surface area contributed by atoms with E-state index in [1.54, 1.807) is 18.9 Å². The minimum Gasteiger partial charge on any atom is -0.393 e. The summed E-state index contributed by atoms with van der Waals surface area (Å²) in [6, 6.07) is 0. The summed E-state index contributed by atoms with van der Waals surface area (Å²) in [6.07, 6.45) is 0.0655. The first-order valence-corrected chi connectivity index (χ1v) is 8.47. The van der Waals surface area contributed by atoms with E-state index in [0.717, 1.165) is 0 Å². The monoisotopic (exact) mass is 329 g/mol. The zero-order chi connectivity index (χ0) is 18.2. The number of amides is 1. The molecule has 0 aliphatic rings. The highest BCUT2D eigenvalue weighted by Crippen LogP contribution is 2.19. The number of nitrogens with zero attached hydrogens (tertiary/aromatic N) is 1. The predicted molar refractivity (Wildman–Crippen MR) is 92.2 cm³/mol. The molecule has 0 saturated carbocycles. The van der Waals surface area contributed by atoms with Gasteiger partial charge in [0.15, 0.2) is 0 Å². The van der Waals surface area contributed by atoms with Crippen molar-refractivity contribution >= 4 is 11.7 Å². The van der Waals surface area contributed by atoms with E-state index in [9.17, 15) is 14.7 Å². The molecule has 23 heavy (non-hydrogen) atoms. The third-order valence-corrected chi connectivity index (χ3v) is 3.65. The van der Waals surface area contributed by atoms with Crippen LogP contribution in [-0.4, -0.2) is 54.6 Å². The van der Waals surface area contributed by atoms with Gasteiger partial charge in [-0.15, -0.1) is 0 Å². The summed E-state index contributed by atoms with van der Waals surface area (Å²) in [4.78, 5) is 25.2. The lowest BCUT2D eigenvalue weighted by Crippen LogP contribution is -2.39. The van der Waals surface area contributed by atoms with Gasteiger partial charge in [-0.1, -0.05) is 34.6 Å². The molecule has 0 rings (SSSR count). The zero-order valence-corrected chi connectivity index (χ0v) is 15.9. The molecule has 0 radical (unpaired) electrons. The van der Waals surface area contributed by atoms with E-state index in [0.29, 0.717) is 26.2 Å². The second-order valence-electron chi connectivity index (χ2n) is 7.91. The van der Waals surface area contributed by atoms with Crippen molar-refractivity contribution in [2.45, 2.75) is 60.5 Å². The standard InChI is InChI=1S/C18H35NO4/c1-13(2)16(21)8-14(3)10-23-12-18(5,6)11-19(7)17(22)9-15(4)20/h13-15,20H,8-12H2,1-7H3. The van der Waals surface area contributed by atoms with Crippen LogP contribution in [0.3, 0.4) is 0 Å². The van der Waals surface area contributed by atoms with Crippen molar-refractivity contribution in [1.29, 1.82) is 0 Å². The molecule has 0 heterocycles. The second kappa shape index (κ2) is 10.0. The Labute approximate surface area is 141 Å². The Morgan fingerprint density at radius 3 is 2.17 bits per heavy atom. The number of ether oxygens (including phenoxy) is 1. The Bertz CT molecular complexity index is 377. The van der Waals surface area contributed by atoms with E-state index >= 15 is 0 Å². The molecule has 0 bridgehead atoms. The molecule has 0 aliphatic carbocycles. The number of ketones is 1. The number of hydrogen-bond acceptors (Lipinski definition) is 4. The van der Waals surface area contributed by atoms with Gasteiger partial charge >= 0.3 is 0 Å². The van der Waals surface area contributed by atoms with Gasteiger partial charge in [0, 0.05) is 38.0 Å². The fourth-order valence-corrected chi connectivity index (χ4v) is 2.36. The van der Waals surface area contributed by atoms with Crippen LogP contribution < -0.4 is 0 Å². The fraction of sp³-hybridized carbons (Fsp3) is 0.889. The zero-order valence-electron chi connectivity index (χ0n) is 15.9. The maximum absolute atomic E-state index is 11.9. The molecular formula is C18H35NO4. The SMILES string of the molecule is CC(O)CC(=O)N(C)CC(C)(C)COCC(C)CC(=O)C(C)C. The first-order chi connectivity index (χ1) is 10.4. The van der Waals surface area contributed by atoms with Crippen LogP contribution in [0.5, 0.6) is 0 Å². The molecule has 0 aliphatic heterocycles. The minimum atomic E-state index is -0.622. The van der Waals surface area contributed by atoms with E-state index in [1.807, 2.05) is 34.6 Å². The summed E-state index contributed by atoms with van der Waals surface area (Å²) in [5.41, 5.74) is -0.176. The van der Waals surface area contributed by atoms with Gasteiger partial charge < -0.3 is 14.7 Å². The second-order valence-corrected chi connectivity index (χ2v) is 7.91. The summed E-state index contributed by atoms with van der Waals surface area (Å²) >= 11 is 0. The highest BCUT2D eigenvalue weighted by Gasteiger charge is 2.24. The van der Waals surface area contributed by atoms with Gasteiger partial charge in [-0.25, -0.2) is 0 Å². The van der Waals surface area contributed by atoms with Crippen molar-refractivity contribution in [3.63, 3.8) is 0 Å². The smallest absolute Gasteiger partial charge is 0.224 e. The Balaban J connectivity index is 4.17. The minimum absolute atomic E-state index is 0.0658. The quantitative estimate of drug-likeness (QED) is 0.632. The van der Waals surface area contributed by atoms with Gasteiger partial charge in [-0.3, -0.25) is 9.59 Å². The van der Waals surface area contributed by atoms with Crippen molar-refractivity contribution in [1.82, 2.24) is 4.90 Å². The largest absolute Gasteiger partial charge is 0.393 e. The summed E-state index contributed by atoms with van der Waals surface area (Å²) in [6.45, 7) is 13.2. The molecule has 1 amide bonds. The van der Waals surface area contributed by atoms with Crippen molar-refractivity contribution in [2.75, 3.05) is 26.8 Å². The van der Waals surface area contributed by atoms with Gasteiger partial charge in [0.2, 0.25) is 5.91 Å². The van der Waals surface area contributed by atoms with Crippen LogP contribution in [0.25, 0.3) is 0 Å². The van der Waals surface area contributed by atoms with Crippen LogP contribution in [-0.2, 0) is 14.3 Å². The molecule has 2 atom stereocenters. The molecule has 136 valence electrons. The topological polar surface area (TPSA) is 66.8 Å². The first kappa shape index (κ1) is 22.1. The Morgan fingerprint density at radius 2 is 1.70 bits per heavy atom. The van der Waals surface area contributed by atoms with Crippen molar-refractivity contribution < 1.29 is 19.4 Å². The molecule has 5 heteroatoms. The van der Waals surface area contributed by atoms with Gasteiger partial charge in [-0.05, 0) is 12.8 Å². The maximum atomic E-state index is 11.9. The van der Waals surface area contributed by atoms with Crippen molar-refractivity contribution in [2.24, 2.45) is 17.3 Å². The molecule has 2 unspecified atom stereocenters. The van der Waals surface area contributed by atoms with E-state index < -0.39 is 6.10 Å².